The fourth-order valence-electron chi connectivity index (χ4n) is 1.43. The number of halogens is 2. The summed E-state index contributed by atoms with van der Waals surface area (Å²) in [6.45, 7) is 1.70. The standard InChI is InChI=1S/C9H8BrFO2/c1-4-8(12)7-6(11)3-2-5(10)9(7)13-4/h2-4,8,12H,1H3. The average Bonchev–Trinajstić information content (AvgIpc) is 2.38. The van der Waals surface area contributed by atoms with Crippen LogP contribution in [0.5, 0.6) is 5.75 Å². The minimum absolute atomic E-state index is 0.252. The molecule has 0 bridgehead atoms. The maximum absolute atomic E-state index is 13.2. The van der Waals surface area contributed by atoms with E-state index in [1.807, 2.05) is 0 Å². The smallest absolute Gasteiger partial charge is 0.142 e. The topological polar surface area (TPSA) is 29.5 Å². The van der Waals surface area contributed by atoms with Gasteiger partial charge in [0, 0.05) is 0 Å². The average molecular weight is 247 g/mol. The molecule has 0 saturated heterocycles. The van der Waals surface area contributed by atoms with Crippen molar-refractivity contribution in [2.24, 2.45) is 0 Å². The van der Waals surface area contributed by atoms with Crippen LogP contribution in [0.4, 0.5) is 4.39 Å². The van der Waals surface area contributed by atoms with E-state index >= 15 is 0 Å². The Kier molecular flexibility index (Phi) is 2.04. The third kappa shape index (κ3) is 1.25. The number of rotatable bonds is 0. The van der Waals surface area contributed by atoms with Gasteiger partial charge in [0.2, 0.25) is 0 Å². The Hall–Kier alpha value is -0.610. The highest BCUT2D eigenvalue weighted by Crippen LogP contribution is 2.42. The lowest BCUT2D eigenvalue weighted by Gasteiger charge is -2.06. The molecule has 0 aliphatic carbocycles. The van der Waals surface area contributed by atoms with E-state index in [9.17, 15) is 9.50 Å². The predicted molar refractivity (Wildman–Crippen MR) is 49.1 cm³/mol. The minimum Gasteiger partial charge on any atom is -0.486 e. The zero-order valence-electron chi connectivity index (χ0n) is 6.92. The highest BCUT2D eigenvalue weighted by molar-refractivity contribution is 9.10. The first kappa shape index (κ1) is 8.97. The van der Waals surface area contributed by atoms with Gasteiger partial charge in [-0.1, -0.05) is 0 Å². The highest BCUT2D eigenvalue weighted by Gasteiger charge is 2.33. The van der Waals surface area contributed by atoms with Crippen molar-refractivity contribution in [3.05, 3.63) is 28.0 Å². The normalized spacial score (nSPS) is 25.5. The number of hydrogen-bond donors (Lipinski definition) is 1. The van der Waals surface area contributed by atoms with E-state index < -0.39 is 11.9 Å². The molecule has 13 heavy (non-hydrogen) atoms. The summed E-state index contributed by atoms with van der Waals surface area (Å²) in [6, 6.07) is 2.88. The molecule has 2 rings (SSSR count). The lowest BCUT2D eigenvalue weighted by Crippen LogP contribution is -2.13. The molecule has 4 heteroatoms. The van der Waals surface area contributed by atoms with Crippen LogP contribution in [0.2, 0.25) is 0 Å². The van der Waals surface area contributed by atoms with Crippen molar-refractivity contribution in [2.75, 3.05) is 0 Å². The molecule has 0 amide bonds. The van der Waals surface area contributed by atoms with Gasteiger partial charge in [-0.25, -0.2) is 4.39 Å². The van der Waals surface area contributed by atoms with Crippen LogP contribution < -0.4 is 4.74 Å². The monoisotopic (exact) mass is 246 g/mol. The molecular formula is C9H8BrFO2. The van der Waals surface area contributed by atoms with E-state index in [1.165, 1.54) is 6.07 Å². The Labute approximate surface area is 83.5 Å². The molecule has 1 aliphatic rings. The summed E-state index contributed by atoms with van der Waals surface area (Å²) >= 11 is 3.23. The van der Waals surface area contributed by atoms with Crippen LogP contribution in [0.25, 0.3) is 0 Å². The molecule has 2 atom stereocenters. The fraction of sp³-hybridized carbons (Fsp3) is 0.333. The molecular weight excluding hydrogens is 239 g/mol. The largest absolute Gasteiger partial charge is 0.486 e. The number of ether oxygens (including phenoxy) is 1. The van der Waals surface area contributed by atoms with Gasteiger partial charge in [-0.3, -0.25) is 0 Å². The maximum atomic E-state index is 13.2. The predicted octanol–water partition coefficient (Wildman–Crippen LogP) is 2.40. The van der Waals surface area contributed by atoms with Crippen molar-refractivity contribution in [3.8, 4) is 5.75 Å². The van der Waals surface area contributed by atoms with Gasteiger partial charge in [0.1, 0.15) is 23.8 Å². The molecule has 1 heterocycles. The van der Waals surface area contributed by atoms with E-state index in [-0.39, 0.29) is 11.7 Å². The molecule has 0 spiro atoms. The van der Waals surface area contributed by atoms with Crippen LogP contribution >= 0.6 is 15.9 Å². The number of aliphatic hydroxyl groups excluding tert-OH is 1. The summed E-state index contributed by atoms with van der Waals surface area (Å²) < 4.78 is 19.2. The Balaban J connectivity index is 2.61. The van der Waals surface area contributed by atoms with E-state index in [4.69, 9.17) is 4.74 Å². The van der Waals surface area contributed by atoms with Crippen molar-refractivity contribution >= 4 is 15.9 Å². The van der Waals surface area contributed by atoms with Crippen LogP contribution in [0.1, 0.15) is 18.6 Å². The second-order valence-electron chi connectivity index (χ2n) is 3.04. The van der Waals surface area contributed by atoms with Gasteiger partial charge < -0.3 is 9.84 Å². The first-order chi connectivity index (χ1) is 6.11. The summed E-state index contributed by atoms with van der Waals surface area (Å²) in [5, 5.41) is 9.57. The summed E-state index contributed by atoms with van der Waals surface area (Å²) in [5.74, 6) is -0.00458. The molecule has 0 saturated carbocycles. The van der Waals surface area contributed by atoms with Crippen LogP contribution in [-0.4, -0.2) is 11.2 Å². The van der Waals surface area contributed by atoms with Gasteiger partial charge in [-0.15, -0.1) is 0 Å². The van der Waals surface area contributed by atoms with Gasteiger partial charge in [0.15, 0.2) is 0 Å². The van der Waals surface area contributed by atoms with E-state index in [0.29, 0.717) is 10.2 Å². The Morgan fingerprint density at radius 1 is 1.54 bits per heavy atom. The first-order valence-corrected chi connectivity index (χ1v) is 4.73. The molecule has 0 fully saturated rings. The minimum atomic E-state index is -0.868. The van der Waals surface area contributed by atoms with Gasteiger partial charge in [-0.2, -0.15) is 0 Å². The second-order valence-corrected chi connectivity index (χ2v) is 3.89. The molecule has 2 unspecified atom stereocenters. The highest BCUT2D eigenvalue weighted by atomic mass is 79.9. The lowest BCUT2D eigenvalue weighted by molar-refractivity contribution is 0.0778. The molecule has 0 aromatic heterocycles. The number of hydrogen-bond acceptors (Lipinski definition) is 2. The van der Waals surface area contributed by atoms with E-state index in [2.05, 4.69) is 15.9 Å². The molecule has 1 aliphatic heterocycles. The second kappa shape index (κ2) is 2.96. The van der Waals surface area contributed by atoms with Crippen molar-refractivity contribution in [1.29, 1.82) is 0 Å². The van der Waals surface area contributed by atoms with Crippen molar-refractivity contribution in [1.82, 2.24) is 0 Å². The van der Waals surface area contributed by atoms with E-state index in [1.54, 1.807) is 13.0 Å². The molecule has 1 aromatic carbocycles. The third-order valence-electron chi connectivity index (χ3n) is 2.14. The van der Waals surface area contributed by atoms with Crippen molar-refractivity contribution in [2.45, 2.75) is 19.1 Å². The van der Waals surface area contributed by atoms with E-state index in [0.717, 1.165) is 0 Å². The molecule has 1 aromatic rings. The van der Waals surface area contributed by atoms with Crippen molar-refractivity contribution in [3.63, 3.8) is 0 Å². The van der Waals surface area contributed by atoms with Gasteiger partial charge in [0.05, 0.1) is 10.0 Å². The quantitative estimate of drug-likeness (QED) is 0.762. The molecule has 70 valence electrons. The molecule has 2 nitrogen and oxygen atoms in total. The number of benzene rings is 1. The summed E-state index contributed by atoms with van der Waals surface area (Å²) in [7, 11) is 0. The Morgan fingerprint density at radius 2 is 2.23 bits per heavy atom. The van der Waals surface area contributed by atoms with Crippen LogP contribution in [-0.2, 0) is 0 Å². The third-order valence-corrected chi connectivity index (χ3v) is 2.76. The Bertz CT molecular complexity index is 354. The fourth-order valence-corrected chi connectivity index (χ4v) is 1.87. The van der Waals surface area contributed by atoms with Crippen LogP contribution in [0.15, 0.2) is 16.6 Å². The summed E-state index contributed by atoms with van der Waals surface area (Å²) in [4.78, 5) is 0. The zero-order chi connectivity index (χ0) is 9.59. The van der Waals surface area contributed by atoms with Crippen molar-refractivity contribution < 1.29 is 14.2 Å². The SMILES string of the molecule is CC1Oc2c(Br)ccc(F)c2C1O. The summed E-state index contributed by atoms with van der Waals surface area (Å²) in [5.41, 5.74) is 0.252. The Morgan fingerprint density at radius 3 is 2.85 bits per heavy atom. The summed E-state index contributed by atoms with van der Waals surface area (Å²) in [6.07, 6.45) is -1.25. The first-order valence-electron chi connectivity index (χ1n) is 3.94. The van der Waals surface area contributed by atoms with Crippen LogP contribution in [0.3, 0.4) is 0 Å². The lowest BCUT2D eigenvalue weighted by atomic mass is 10.1. The zero-order valence-corrected chi connectivity index (χ0v) is 8.51. The maximum Gasteiger partial charge on any atom is 0.142 e. The van der Waals surface area contributed by atoms with Gasteiger partial charge >= 0.3 is 0 Å². The molecule has 0 radical (unpaired) electrons. The molecule has 1 N–H and O–H groups in total. The number of aliphatic hydroxyl groups is 1. The van der Waals surface area contributed by atoms with Gasteiger partial charge in [-0.05, 0) is 35.0 Å². The van der Waals surface area contributed by atoms with Gasteiger partial charge in [0.25, 0.3) is 0 Å². The van der Waals surface area contributed by atoms with Crippen LogP contribution in [0, 0.1) is 5.82 Å². The number of fused-ring (bicyclic) bond motifs is 1.